The van der Waals surface area contributed by atoms with E-state index >= 15 is 0 Å². The SMILES string of the molecule is CCC(=O)O.CCC(=O)O.O=CO.OCCC(CO)CO. The molecule has 9 heteroatoms. The fourth-order valence-electron chi connectivity index (χ4n) is 0.423. The summed E-state index contributed by atoms with van der Waals surface area (Å²) in [6.07, 6.45) is 0.924. The third kappa shape index (κ3) is 56.2. The van der Waals surface area contributed by atoms with Crippen molar-refractivity contribution in [1.82, 2.24) is 0 Å². The Kier molecular flexibility index (Phi) is 35.2. The van der Waals surface area contributed by atoms with Crippen LogP contribution in [0.1, 0.15) is 33.1 Å². The Hall–Kier alpha value is -1.71. The number of aliphatic hydroxyl groups excluding tert-OH is 3. The molecule has 0 fully saturated rings. The number of aliphatic hydroxyl groups is 3. The van der Waals surface area contributed by atoms with Crippen LogP contribution in [0.3, 0.4) is 0 Å². The second-order valence-corrected chi connectivity index (χ2v) is 3.34. The van der Waals surface area contributed by atoms with Crippen molar-refractivity contribution in [2.45, 2.75) is 33.1 Å². The van der Waals surface area contributed by atoms with Crippen LogP contribution in [0.25, 0.3) is 0 Å². The zero-order valence-electron chi connectivity index (χ0n) is 12.3. The van der Waals surface area contributed by atoms with Gasteiger partial charge in [-0.15, -0.1) is 0 Å². The zero-order chi connectivity index (χ0) is 17.7. The minimum absolute atomic E-state index is 0.0335. The van der Waals surface area contributed by atoms with Gasteiger partial charge in [-0.2, -0.15) is 0 Å². The molecule has 9 nitrogen and oxygen atoms in total. The van der Waals surface area contributed by atoms with E-state index in [1.807, 2.05) is 0 Å². The predicted octanol–water partition coefficient (Wildman–Crippen LogP) is -0.368. The van der Waals surface area contributed by atoms with Gasteiger partial charge in [-0.1, -0.05) is 13.8 Å². The van der Waals surface area contributed by atoms with Crippen molar-refractivity contribution in [3.8, 4) is 0 Å². The summed E-state index contributed by atoms with van der Waals surface area (Å²) in [5, 5.41) is 47.4. The number of rotatable bonds is 6. The van der Waals surface area contributed by atoms with Gasteiger partial charge < -0.3 is 30.6 Å². The molecule has 0 aliphatic heterocycles. The second kappa shape index (κ2) is 26.8. The smallest absolute Gasteiger partial charge is 0.303 e. The van der Waals surface area contributed by atoms with E-state index in [9.17, 15) is 9.59 Å². The molecule has 0 aromatic rings. The molecule has 0 heterocycles. The fourth-order valence-corrected chi connectivity index (χ4v) is 0.423. The number of aliphatic carboxylic acids is 2. The first-order valence-corrected chi connectivity index (χ1v) is 6.14. The van der Waals surface area contributed by atoms with Crippen LogP contribution in [0.5, 0.6) is 0 Å². The predicted molar refractivity (Wildman–Crippen MR) is 73.9 cm³/mol. The van der Waals surface area contributed by atoms with E-state index in [-0.39, 0.29) is 45.1 Å². The maximum absolute atomic E-state index is 9.37. The van der Waals surface area contributed by atoms with Crippen LogP contribution in [0, 0.1) is 5.92 Å². The topological polar surface area (TPSA) is 173 Å². The Morgan fingerprint density at radius 2 is 1.19 bits per heavy atom. The molecule has 0 saturated carbocycles. The first kappa shape index (κ1) is 27.6. The number of carboxylic acid groups (broad SMARTS) is 3. The number of hydrogen-bond acceptors (Lipinski definition) is 6. The van der Waals surface area contributed by atoms with Crippen molar-refractivity contribution in [2.75, 3.05) is 19.8 Å². The zero-order valence-corrected chi connectivity index (χ0v) is 12.3. The van der Waals surface area contributed by atoms with E-state index in [0.29, 0.717) is 6.42 Å². The van der Waals surface area contributed by atoms with E-state index < -0.39 is 11.9 Å². The third-order valence-electron chi connectivity index (χ3n) is 1.66. The highest BCUT2D eigenvalue weighted by Gasteiger charge is 2.02. The molecule has 0 aliphatic rings. The van der Waals surface area contributed by atoms with E-state index in [1.165, 1.54) is 0 Å². The van der Waals surface area contributed by atoms with E-state index in [4.69, 9.17) is 35.4 Å². The molecule has 0 unspecified atom stereocenters. The van der Waals surface area contributed by atoms with Gasteiger partial charge in [0.25, 0.3) is 6.47 Å². The number of carboxylic acids is 2. The van der Waals surface area contributed by atoms with Crippen LogP contribution in [0.2, 0.25) is 0 Å². The number of hydrogen-bond donors (Lipinski definition) is 6. The van der Waals surface area contributed by atoms with Gasteiger partial charge in [0.2, 0.25) is 0 Å². The third-order valence-corrected chi connectivity index (χ3v) is 1.66. The Morgan fingerprint density at radius 1 is 0.952 bits per heavy atom. The Labute approximate surface area is 123 Å². The summed E-state index contributed by atoms with van der Waals surface area (Å²) in [5.41, 5.74) is 0. The molecule has 0 aromatic heterocycles. The van der Waals surface area contributed by atoms with E-state index in [2.05, 4.69) is 0 Å². The lowest BCUT2D eigenvalue weighted by atomic mass is 10.1. The summed E-state index contributed by atoms with van der Waals surface area (Å²) in [5.74, 6) is -1.63. The second-order valence-electron chi connectivity index (χ2n) is 3.34. The van der Waals surface area contributed by atoms with Crippen molar-refractivity contribution in [3.63, 3.8) is 0 Å². The van der Waals surface area contributed by atoms with Gasteiger partial charge in [-0.3, -0.25) is 14.4 Å². The van der Waals surface area contributed by atoms with Gasteiger partial charge in [-0.25, -0.2) is 0 Å². The molecule has 0 spiro atoms. The highest BCUT2D eigenvalue weighted by Crippen LogP contribution is 1.97. The van der Waals surface area contributed by atoms with Crippen LogP contribution < -0.4 is 0 Å². The molecule has 0 aromatic carbocycles. The Bertz CT molecular complexity index is 213. The average molecular weight is 314 g/mol. The molecule has 0 amide bonds. The standard InChI is InChI=1S/C5H12O3.2C3H6O2.CH2O2/c6-2-1-5(3-7)4-8;2*1-2-3(4)5;2-1-3/h5-8H,1-4H2;2*2H2,1H3,(H,4,5);1H,(H,2,3). The lowest BCUT2D eigenvalue weighted by Crippen LogP contribution is -2.12. The van der Waals surface area contributed by atoms with Crippen LogP contribution in [-0.2, 0) is 14.4 Å². The molecular weight excluding hydrogens is 288 g/mol. The fraction of sp³-hybridized carbons (Fsp3) is 0.750. The van der Waals surface area contributed by atoms with Crippen LogP contribution in [-0.4, -0.2) is 68.9 Å². The van der Waals surface area contributed by atoms with E-state index in [0.717, 1.165) is 0 Å². The maximum atomic E-state index is 9.37. The highest BCUT2D eigenvalue weighted by atomic mass is 16.4. The highest BCUT2D eigenvalue weighted by molar-refractivity contribution is 5.66. The molecule has 0 aliphatic carbocycles. The summed E-state index contributed by atoms with van der Waals surface area (Å²) in [7, 11) is 0. The van der Waals surface area contributed by atoms with Gasteiger partial charge >= 0.3 is 11.9 Å². The van der Waals surface area contributed by atoms with Gasteiger partial charge in [-0.05, 0) is 6.42 Å². The molecule has 128 valence electrons. The van der Waals surface area contributed by atoms with Gasteiger partial charge in [0, 0.05) is 38.6 Å². The molecule has 0 saturated heterocycles. The molecule has 21 heavy (non-hydrogen) atoms. The van der Waals surface area contributed by atoms with Crippen molar-refractivity contribution in [2.24, 2.45) is 5.92 Å². The molecule has 0 atom stereocenters. The summed E-state index contributed by atoms with van der Waals surface area (Å²) in [6, 6.07) is 0. The first-order valence-electron chi connectivity index (χ1n) is 6.14. The van der Waals surface area contributed by atoms with Crippen LogP contribution in [0.15, 0.2) is 0 Å². The first-order chi connectivity index (χ1) is 9.80. The molecule has 0 rings (SSSR count). The quantitative estimate of drug-likeness (QED) is 0.357. The Balaban J connectivity index is -0.0000000977. The van der Waals surface area contributed by atoms with Crippen molar-refractivity contribution < 1.29 is 45.0 Å². The lowest BCUT2D eigenvalue weighted by molar-refractivity contribution is -0.137. The van der Waals surface area contributed by atoms with Gasteiger partial charge in [0.15, 0.2) is 0 Å². The number of carbonyl (C=O) groups is 3. The summed E-state index contributed by atoms with van der Waals surface area (Å²) >= 11 is 0. The average Bonchev–Trinajstić information content (AvgIpc) is 2.46. The molecule has 6 N–H and O–H groups in total. The summed E-state index contributed by atoms with van der Waals surface area (Å²) in [4.78, 5) is 27.1. The monoisotopic (exact) mass is 314 g/mol. The normalized spacial score (nSPS) is 8.10. The summed E-state index contributed by atoms with van der Waals surface area (Å²) < 4.78 is 0. The van der Waals surface area contributed by atoms with Crippen molar-refractivity contribution >= 4 is 18.4 Å². The summed E-state index contributed by atoms with van der Waals surface area (Å²) in [6.45, 7) is 2.89. The minimum Gasteiger partial charge on any atom is -0.483 e. The Morgan fingerprint density at radius 3 is 1.24 bits per heavy atom. The van der Waals surface area contributed by atoms with Crippen LogP contribution >= 0.6 is 0 Å². The molecule has 0 radical (unpaired) electrons. The van der Waals surface area contributed by atoms with Gasteiger partial charge in [0.05, 0.1) is 0 Å². The van der Waals surface area contributed by atoms with Crippen LogP contribution in [0.4, 0.5) is 0 Å². The molecular formula is C12H26O9. The largest absolute Gasteiger partial charge is 0.483 e. The minimum atomic E-state index is -0.745. The maximum Gasteiger partial charge on any atom is 0.303 e. The van der Waals surface area contributed by atoms with Crippen molar-refractivity contribution in [1.29, 1.82) is 0 Å². The van der Waals surface area contributed by atoms with Crippen molar-refractivity contribution in [3.05, 3.63) is 0 Å². The van der Waals surface area contributed by atoms with E-state index in [1.54, 1.807) is 13.8 Å². The lowest BCUT2D eigenvalue weighted by Gasteiger charge is -2.06. The van der Waals surface area contributed by atoms with Gasteiger partial charge in [0.1, 0.15) is 0 Å². The molecule has 0 bridgehead atoms.